The summed E-state index contributed by atoms with van der Waals surface area (Å²) in [6, 6.07) is 8.56. The van der Waals surface area contributed by atoms with Crippen LogP contribution in [0.3, 0.4) is 0 Å². The van der Waals surface area contributed by atoms with E-state index in [9.17, 15) is 19.2 Å². The van der Waals surface area contributed by atoms with E-state index in [4.69, 9.17) is 18.9 Å². The summed E-state index contributed by atoms with van der Waals surface area (Å²) in [5.74, 6) is -0.688. The van der Waals surface area contributed by atoms with E-state index in [-0.39, 0.29) is 29.5 Å². The van der Waals surface area contributed by atoms with Crippen LogP contribution in [0.25, 0.3) is 6.08 Å². The zero-order chi connectivity index (χ0) is 26.5. The van der Waals surface area contributed by atoms with Gasteiger partial charge in [0.1, 0.15) is 22.8 Å². The largest absolute Gasteiger partial charge is 0.497 e. The van der Waals surface area contributed by atoms with Crippen LogP contribution in [0.15, 0.2) is 46.4 Å². The van der Waals surface area contributed by atoms with E-state index in [0.29, 0.717) is 47.8 Å². The molecule has 0 atom stereocenters. The molecule has 12 heteroatoms. The number of nitrogens with one attached hydrogen (secondary N) is 1. The first-order valence-electron chi connectivity index (χ1n) is 11.2. The third kappa shape index (κ3) is 5.75. The number of methoxy groups -OCH3 is 2. The van der Waals surface area contributed by atoms with Crippen molar-refractivity contribution in [3.05, 3.63) is 52.0 Å². The molecule has 0 unspecified atom stereocenters. The number of benzene rings is 2. The van der Waals surface area contributed by atoms with Crippen molar-refractivity contribution >= 4 is 51.4 Å². The van der Waals surface area contributed by atoms with Gasteiger partial charge in [0.05, 0.1) is 37.6 Å². The van der Waals surface area contributed by atoms with Gasteiger partial charge < -0.3 is 23.8 Å². The Kier molecular flexibility index (Phi) is 8.09. The van der Waals surface area contributed by atoms with Crippen molar-refractivity contribution < 1.29 is 38.1 Å². The summed E-state index contributed by atoms with van der Waals surface area (Å²) in [6.45, 7) is 1.90. The molecule has 2 fully saturated rings. The second-order valence-electron chi connectivity index (χ2n) is 7.97. The number of nitrogens with zero attached hydrogens (tertiary/aromatic N) is 2. The molecule has 0 saturated carbocycles. The first-order chi connectivity index (χ1) is 17.8. The van der Waals surface area contributed by atoms with Crippen LogP contribution in [-0.2, 0) is 19.1 Å². The van der Waals surface area contributed by atoms with Crippen molar-refractivity contribution in [3.8, 4) is 17.2 Å². The molecule has 5 amide bonds. The van der Waals surface area contributed by atoms with Crippen molar-refractivity contribution in [3.63, 3.8) is 0 Å². The number of carbonyl (C=O) groups is 4. The number of hydrogen-bond acceptors (Lipinski definition) is 8. The van der Waals surface area contributed by atoms with Gasteiger partial charge in [0.15, 0.2) is 6.61 Å². The smallest absolute Gasteiger partial charge is 0.336 e. The summed E-state index contributed by atoms with van der Waals surface area (Å²) in [7, 11) is 2.87. The Labute approximate surface area is 221 Å². The number of urea groups is 1. The predicted octanol–water partition coefficient (Wildman–Crippen LogP) is 2.37. The molecule has 0 spiro atoms. The minimum absolute atomic E-state index is 0.138. The summed E-state index contributed by atoms with van der Waals surface area (Å²) in [5, 5.41) is 2.18. The Hall–Kier alpha value is -3.90. The van der Waals surface area contributed by atoms with Crippen LogP contribution in [-0.4, -0.2) is 75.8 Å². The standard InChI is InChI=1S/C25H24BrN3O8/c1-34-16-4-5-19(21(13-16)35-2)29-24(32)17(23(31)27-25(29)33)11-15-3-6-20(18(26)12-15)37-14-22(30)28-7-9-36-10-8-28/h3-6,11-13H,7-10,14H2,1-2H3,(H,27,31,33)/b17-11+. The van der Waals surface area contributed by atoms with E-state index >= 15 is 0 Å². The van der Waals surface area contributed by atoms with Crippen molar-refractivity contribution in [1.82, 2.24) is 10.2 Å². The van der Waals surface area contributed by atoms with Gasteiger partial charge in [-0.05, 0) is 51.8 Å². The molecule has 2 aromatic rings. The van der Waals surface area contributed by atoms with E-state index in [1.54, 1.807) is 29.2 Å². The van der Waals surface area contributed by atoms with Crippen LogP contribution in [0, 0.1) is 0 Å². The Morgan fingerprint density at radius 3 is 2.49 bits per heavy atom. The molecule has 194 valence electrons. The number of halogens is 1. The zero-order valence-corrected chi connectivity index (χ0v) is 21.7. The number of ether oxygens (including phenoxy) is 4. The van der Waals surface area contributed by atoms with Gasteiger partial charge in [0.25, 0.3) is 17.7 Å². The van der Waals surface area contributed by atoms with E-state index in [2.05, 4.69) is 21.2 Å². The van der Waals surface area contributed by atoms with Gasteiger partial charge in [0, 0.05) is 19.2 Å². The Morgan fingerprint density at radius 2 is 1.81 bits per heavy atom. The maximum absolute atomic E-state index is 13.3. The third-order valence-electron chi connectivity index (χ3n) is 5.71. The summed E-state index contributed by atoms with van der Waals surface area (Å²) in [6.07, 6.45) is 1.36. The Balaban J connectivity index is 1.53. The number of amides is 5. The summed E-state index contributed by atoms with van der Waals surface area (Å²) in [4.78, 5) is 53.2. The van der Waals surface area contributed by atoms with Crippen molar-refractivity contribution in [2.45, 2.75) is 0 Å². The van der Waals surface area contributed by atoms with Gasteiger partial charge in [-0.3, -0.25) is 19.7 Å². The van der Waals surface area contributed by atoms with Crippen LogP contribution in [0.1, 0.15) is 5.56 Å². The predicted molar refractivity (Wildman–Crippen MR) is 136 cm³/mol. The molecule has 0 aromatic heterocycles. The van der Waals surface area contributed by atoms with Crippen LogP contribution in [0.2, 0.25) is 0 Å². The molecule has 0 bridgehead atoms. The highest BCUT2D eigenvalue weighted by molar-refractivity contribution is 9.10. The van der Waals surface area contributed by atoms with E-state index in [1.165, 1.54) is 32.4 Å². The molecular formula is C25H24BrN3O8. The van der Waals surface area contributed by atoms with E-state index in [0.717, 1.165) is 4.90 Å². The zero-order valence-electron chi connectivity index (χ0n) is 20.1. The summed E-state index contributed by atoms with van der Waals surface area (Å²) >= 11 is 3.40. The summed E-state index contributed by atoms with van der Waals surface area (Å²) in [5.41, 5.74) is 0.396. The molecule has 0 aliphatic carbocycles. The van der Waals surface area contributed by atoms with Crippen LogP contribution >= 0.6 is 15.9 Å². The van der Waals surface area contributed by atoms with Gasteiger partial charge in [-0.25, -0.2) is 9.69 Å². The number of imide groups is 2. The number of morpholine rings is 1. The molecule has 2 heterocycles. The van der Waals surface area contributed by atoms with Gasteiger partial charge in [-0.1, -0.05) is 6.07 Å². The minimum atomic E-state index is -0.898. The van der Waals surface area contributed by atoms with Crippen molar-refractivity contribution in [2.75, 3.05) is 52.0 Å². The second-order valence-corrected chi connectivity index (χ2v) is 8.82. The maximum atomic E-state index is 13.3. The average Bonchev–Trinajstić information content (AvgIpc) is 2.90. The highest BCUT2D eigenvalue weighted by Crippen LogP contribution is 2.34. The van der Waals surface area contributed by atoms with Gasteiger partial charge in [0.2, 0.25) is 0 Å². The number of hydrogen-bond donors (Lipinski definition) is 1. The van der Waals surface area contributed by atoms with E-state index < -0.39 is 17.8 Å². The molecule has 2 aliphatic heterocycles. The van der Waals surface area contributed by atoms with Gasteiger partial charge >= 0.3 is 6.03 Å². The fourth-order valence-corrected chi connectivity index (χ4v) is 4.29. The lowest BCUT2D eigenvalue weighted by molar-refractivity contribution is -0.137. The third-order valence-corrected chi connectivity index (χ3v) is 6.33. The number of carbonyl (C=O) groups excluding carboxylic acids is 4. The van der Waals surface area contributed by atoms with Crippen molar-refractivity contribution in [2.24, 2.45) is 0 Å². The number of anilines is 1. The number of barbiturate groups is 1. The van der Waals surface area contributed by atoms with Crippen LogP contribution < -0.4 is 24.4 Å². The fourth-order valence-electron chi connectivity index (χ4n) is 3.78. The second kappa shape index (κ2) is 11.4. The molecular weight excluding hydrogens is 550 g/mol. The normalized spacial score (nSPS) is 17.1. The highest BCUT2D eigenvalue weighted by atomic mass is 79.9. The number of rotatable bonds is 7. The lowest BCUT2D eigenvalue weighted by atomic mass is 10.1. The van der Waals surface area contributed by atoms with Crippen LogP contribution in [0.5, 0.6) is 17.2 Å². The maximum Gasteiger partial charge on any atom is 0.336 e. The minimum Gasteiger partial charge on any atom is -0.497 e. The molecule has 2 saturated heterocycles. The van der Waals surface area contributed by atoms with Gasteiger partial charge in [-0.2, -0.15) is 0 Å². The molecule has 11 nitrogen and oxygen atoms in total. The lowest BCUT2D eigenvalue weighted by Crippen LogP contribution is -2.54. The molecule has 2 aliphatic rings. The topological polar surface area (TPSA) is 124 Å². The molecule has 0 radical (unpaired) electrons. The summed E-state index contributed by atoms with van der Waals surface area (Å²) < 4.78 is 21.9. The highest BCUT2D eigenvalue weighted by Gasteiger charge is 2.38. The monoisotopic (exact) mass is 573 g/mol. The fraction of sp³-hybridized carbons (Fsp3) is 0.280. The first kappa shape index (κ1) is 26.2. The van der Waals surface area contributed by atoms with Crippen LogP contribution in [0.4, 0.5) is 10.5 Å². The quantitative estimate of drug-likeness (QED) is 0.395. The Morgan fingerprint density at radius 1 is 1.05 bits per heavy atom. The first-order valence-corrected chi connectivity index (χ1v) is 12.0. The molecule has 4 rings (SSSR count). The Bertz CT molecular complexity index is 1270. The van der Waals surface area contributed by atoms with E-state index in [1.807, 2.05) is 0 Å². The van der Waals surface area contributed by atoms with Crippen molar-refractivity contribution in [1.29, 1.82) is 0 Å². The SMILES string of the molecule is COc1ccc(N2C(=O)NC(=O)/C(=C\c3ccc(OCC(=O)N4CCOCC4)c(Br)c3)C2=O)c(OC)c1. The lowest BCUT2D eigenvalue weighted by Gasteiger charge is -2.27. The van der Waals surface area contributed by atoms with Gasteiger partial charge in [-0.15, -0.1) is 0 Å². The average molecular weight is 574 g/mol. The molecule has 2 aromatic carbocycles. The molecule has 37 heavy (non-hydrogen) atoms. The molecule has 1 N–H and O–H groups in total.